The molecule has 0 spiro atoms. The lowest BCUT2D eigenvalue weighted by Gasteiger charge is -2.31. The fourth-order valence-corrected chi connectivity index (χ4v) is 3.21. The number of hydrogen-bond acceptors (Lipinski definition) is 3. The van der Waals surface area contributed by atoms with Crippen LogP contribution in [0.2, 0.25) is 0 Å². The molecule has 2 rings (SSSR count). The van der Waals surface area contributed by atoms with Gasteiger partial charge in [0.05, 0.1) is 12.6 Å². The summed E-state index contributed by atoms with van der Waals surface area (Å²) in [7, 11) is 4.14. The minimum atomic E-state index is -2.74. The maximum atomic E-state index is 13.1. The molecule has 0 aromatic rings. The van der Waals surface area contributed by atoms with Crippen molar-refractivity contribution in [2.75, 3.05) is 27.2 Å². The molecule has 0 aromatic heterocycles. The van der Waals surface area contributed by atoms with Gasteiger partial charge in [-0.1, -0.05) is 0 Å². The molecule has 2 fully saturated rings. The van der Waals surface area contributed by atoms with E-state index in [1.807, 2.05) is 0 Å². The van der Waals surface area contributed by atoms with Gasteiger partial charge in [-0.15, -0.1) is 0 Å². The Hall–Kier alpha value is -0.750. The molecular weight excluding hydrogens is 264 g/mol. The third kappa shape index (κ3) is 4.38. The summed E-state index contributed by atoms with van der Waals surface area (Å²) in [4.78, 5) is 14.1. The molecule has 0 bridgehead atoms. The molecule has 2 N–H and O–H groups in total. The Kier molecular flexibility index (Phi) is 4.96. The highest BCUT2D eigenvalue weighted by Crippen LogP contribution is 2.27. The predicted octanol–water partition coefficient (Wildman–Crippen LogP) is 1.22. The molecule has 2 aliphatic rings. The van der Waals surface area contributed by atoms with E-state index in [-0.39, 0.29) is 24.9 Å². The fraction of sp³-hybridized carbons (Fsp3) is 0.929. The lowest BCUT2D eigenvalue weighted by atomic mass is 9.85. The molecule has 0 radical (unpaired) electrons. The van der Waals surface area contributed by atoms with Gasteiger partial charge in [0.25, 0.3) is 5.92 Å². The van der Waals surface area contributed by atoms with Crippen LogP contribution in [-0.4, -0.2) is 56.0 Å². The number of nitrogens with one attached hydrogen (secondary N) is 2. The standard InChI is InChI=1S/C14H25F2N3O/c1-19(2)8-10-3-5-11(6-4-10)18-13(20)12-7-14(15,16)9-17-12/h10-12,17H,3-9H2,1-2H3,(H,18,20). The van der Waals surface area contributed by atoms with E-state index in [1.54, 1.807) is 0 Å². The highest BCUT2D eigenvalue weighted by molar-refractivity contribution is 5.82. The van der Waals surface area contributed by atoms with Crippen LogP contribution in [0, 0.1) is 5.92 Å². The highest BCUT2D eigenvalue weighted by atomic mass is 19.3. The molecule has 4 nitrogen and oxygen atoms in total. The number of hydrogen-bond donors (Lipinski definition) is 2. The van der Waals surface area contributed by atoms with E-state index in [0.717, 1.165) is 32.2 Å². The van der Waals surface area contributed by atoms with Crippen molar-refractivity contribution < 1.29 is 13.6 Å². The quantitative estimate of drug-likeness (QED) is 0.818. The van der Waals surface area contributed by atoms with Gasteiger partial charge >= 0.3 is 0 Å². The summed E-state index contributed by atoms with van der Waals surface area (Å²) in [5.74, 6) is -2.32. The molecule has 1 unspecified atom stereocenters. The molecule has 6 heteroatoms. The molecule has 20 heavy (non-hydrogen) atoms. The van der Waals surface area contributed by atoms with Gasteiger partial charge in [0.1, 0.15) is 0 Å². The maximum Gasteiger partial charge on any atom is 0.262 e. The Morgan fingerprint density at radius 2 is 1.95 bits per heavy atom. The summed E-state index contributed by atoms with van der Waals surface area (Å²) in [6.45, 7) is 0.692. The summed E-state index contributed by atoms with van der Waals surface area (Å²) in [6, 6.07) is -0.582. The van der Waals surface area contributed by atoms with E-state index in [2.05, 4.69) is 29.6 Å². The molecule has 1 saturated carbocycles. The van der Waals surface area contributed by atoms with Gasteiger partial charge in [-0.05, 0) is 45.7 Å². The summed E-state index contributed by atoms with van der Waals surface area (Å²) >= 11 is 0. The van der Waals surface area contributed by atoms with Gasteiger partial charge in [-0.25, -0.2) is 8.78 Å². The number of carbonyl (C=O) groups excluding carboxylic acids is 1. The topological polar surface area (TPSA) is 44.4 Å². The van der Waals surface area contributed by atoms with E-state index < -0.39 is 12.0 Å². The molecule has 1 saturated heterocycles. The highest BCUT2D eigenvalue weighted by Gasteiger charge is 2.42. The van der Waals surface area contributed by atoms with E-state index in [9.17, 15) is 13.6 Å². The largest absolute Gasteiger partial charge is 0.352 e. The molecule has 0 aromatic carbocycles. The SMILES string of the molecule is CN(C)CC1CCC(NC(=O)C2CC(F)(F)CN2)CC1. The smallest absolute Gasteiger partial charge is 0.262 e. The molecule has 1 atom stereocenters. The average molecular weight is 289 g/mol. The second-order valence-corrected chi connectivity index (χ2v) is 6.48. The van der Waals surface area contributed by atoms with Crippen LogP contribution in [0.1, 0.15) is 32.1 Å². The van der Waals surface area contributed by atoms with Crippen LogP contribution >= 0.6 is 0 Å². The monoisotopic (exact) mass is 289 g/mol. The van der Waals surface area contributed by atoms with Crippen LogP contribution in [0.15, 0.2) is 0 Å². The lowest BCUT2D eigenvalue weighted by molar-refractivity contribution is -0.124. The zero-order valence-corrected chi connectivity index (χ0v) is 12.3. The predicted molar refractivity (Wildman–Crippen MR) is 73.8 cm³/mol. The first-order chi connectivity index (χ1) is 9.35. The summed E-state index contributed by atoms with van der Waals surface area (Å²) in [5, 5.41) is 5.53. The minimum absolute atomic E-state index is 0.150. The fourth-order valence-electron chi connectivity index (χ4n) is 3.21. The van der Waals surface area contributed by atoms with Crippen LogP contribution in [-0.2, 0) is 4.79 Å². The van der Waals surface area contributed by atoms with Crippen molar-refractivity contribution in [3.8, 4) is 0 Å². The number of rotatable bonds is 4. The Morgan fingerprint density at radius 1 is 1.30 bits per heavy atom. The molecule has 1 aliphatic carbocycles. The minimum Gasteiger partial charge on any atom is -0.352 e. The van der Waals surface area contributed by atoms with Crippen LogP contribution in [0.5, 0.6) is 0 Å². The van der Waals surface area contributed by atoms with E-state index >= 15 is 0 Å². The Bertz CT molecular complexity index is 341. The number of carbonyl (C=O) groups is 1. The van der Waals surface area contributed by atoms with Crippen molar-refractivity contribution in [1.82, 2.24) is 15.5 Å². The van der Waals surface area contributed by atoms with Crippen molar-refractivity contribution in [3.05, 3.63) is 0 Å². The second-order valence-electron chi connectivity index (χ2n) is 6.48. The van der Waals surface area contributed by atoms with Crippen LogP contribution < -0.4 is 10.6 Å². The third-order valence-corrected chi connectivity index (χ3v) is 4.24. The van der Waals surface area contributed by atoms with E-state index in [4.69, 9.17) is 0 Å². The van der Waals surface area contributed by atoms with Crippen molar-refractivity contribution in [2.45, 2.75) is 50.1 Å². The van der Waals surface area contributed by atoms with Gasteiger partial charge in [-0.2, -0.15) is 0 Å². The summed E-state index contributed by atoms with van der Waals surface area (Å²) < 4.78 is 26.1. The average Bonchev–Trinajstić information content (AvgIpc) is 2.72. The van der Waals surface area contributed by atoms with E-state index in [0.29, 0.717) is 5.92 Å². The maximum absolute atomic E-state index is 13.1. The molecule has 1 aliphatic heterocycles. The zero-order valence-electron chi connectivity index (χ0n) is 12.3. The van der Waals surface area contributed by atoms with Gasteiger partial charge in [0.2, 0.25) is 5.91 Å². The Balaban J connectivity index is 1.71. The summed E-state index contributed by atoms with van der Waals surface area (Å²) in [5.41, 5.74) is 0. The zero-order chi connectivity index (χ0) is 14.8. The molecule has 1 amide bonds. The first-order valence-electron chi connectivity index (χ1n) is 7.42. The van der Waals surface area contributed by atoms with Crippen molar-refractivity contribution in [1.29, 1.82) is 0 Å². The molecular formula is C14H25F2N3O. The number of amides is 1. The second kappa shape index (κ2) is 6.35. The van der Waals surface area contributed by atoms with Gasteiger partial charge in [-0.3, -0.25) is 10.1 Å². The lowest BCUT2D eigenvalue weighted by Crippen LogP contribution is -2.46. The first kappa shape index (κ1) is 15.6. The normalized spacial score (nSPS) is 33.4. The molecule has 116 valence electrons. The number of alkyl halides is 2. The van der Waals surface area contributed by atoms with Crippen molar-refractivity contribution in [3.63, 3.8) is 0 Å². The van der Waals surface area contributed by atoms with Crippen LogP contribution in [0.25, 0.3) is 0 Å². The first-order valence-corrected chi connectivity index (χ1v) is 7.42. The van der Waals surface area contributed by atoms with E-state index in [1.165, 1.54) is 0 Å². The van der Waals surface area contributed by atoms with Crippen molar-refractivity contribution >= 4 is 5.91 Å². The summed E-state index contributed by atoms with van der Waals surface area (Å²) in [6.07, 6.45) is 3.71. The van der Waals surface area contributed by atoms with Crippen LogP contribution in [0.3, 0.4) is 0 Å². The van der Waals surface area contributed by atoms with Crippen LogP contribution in [0.4, 0.5) is 8.78 Å². The van der Waals surface area contributed by atoms with Crippen molar-refractivity contribution in [2.24, 2.45) is 5.92 Å². The Labute approximate surface area is 119 Å². The van der Waals surface area contributed by atoms with Gasteiger partial charge in [0.15, 0.2) is 0 Å². The third-order valence-electron chi connectivity index (χ3n) is 4.24. The van der Waals surface area contributed by atoms with Gasteiger partial charge < -0.3 is 10.2 Å². The number of nitrogens with zero attached hydrogens (tertiary/aromatic N) is 1. The number of halogens is 2. The molecule has 1 heterocycles. The van der Waals surface area contributed by atoms with Gasteiger partial charge in [0, 0.05) is 19.0 Å². The Morgan fingerprint density at radius 3 is 2.45 bits per heavy atom.